The second-order valence-corrected chi connectivity index (χ2v) is 16.8. The minimum atomic E-state index is -4.64. The van der Waals surface area contributed by atoms with Crippen LogP contribution in [0.1, 0.15) is 155 Å². The van der Waals surface area contributed by atoms with E-state index in [1.807, 2.05) is 21.1 Å². The van der Waals surface area contributed by atoms with Crippen LogP contribution in [-0.4, -0.2) is 70.0 Å². The molecule has 10 heteroatoms. The van der Waals surface area contributed by atoms with Gasteiger partial charge in [-0.25, -0.2) is 0 Å². The average Bonchev–Trinajstić information content (AvgIpc) is 3.15. The summed E-state index contributed by atoms with van der Waals surface area (Å²) in [5.74, 6) is -0.896. The zero-order valence-electron chi connectivity index (χ0n) is 36.1. The van der Waals surface area contributed by atoms with E-state index < -0.39 is 32.5 Å². The van der Waals surface area contributed by atoms with E-state index >= 15 is 0 Å². The van der Waals surface area contributed by atoms with Crippen LogP contribution in [0.3, 0.4) is 0 Å². The molecular formula is C46H80NO8P. The monoisotopic (exact) mass is 806 g/mol. The first-order chi connectivity index (χ1) is 27.0. The number of phosphoric ester groups is 1. The quantitative estimate of drug-likeness (QED) is 0.0151. The Morgan fingerprint density at radius 2 is 1.05 bits per heavy atom. The van der Waals surface area contributed by atoms with E-state index in [1.54, 1.807) is 0 Å². The van der Waals surface area contributed by atoms with Crippen molar-refractivity contribution in [2.75, 3.05) is 47.5 Å². The van der Waals surface area contributed by atoms with Crippen LogP contribution < -0.4 is 4.89 Å². The maximum absolute atomic E-state index is 12.7. The molecule has 0 heterocycles. The third-order valence-electron chi connectivity index (χ3n) is 8.71. The minimum Gasteiger partial charge on any atom is -0.756 e. The lowest BCUT2D eigenvalue weighted by Gasteiger charge is -2.28. The third kappa shape index (κ3) is 41.1. The number of quaternary nitrogens is 1. The van der Waals surface area contributed by atoms with Crippen LogP contribution in [0, 0.1) is 0 Å². The number of likely N-dealkylation sites (N-methyl/N-ethyl adjacent to an activating group) is 1. The lowest BCUT2D eigenvalue weighted by molar-refractivity contribution is -0.870. The number of allylic oxidation sites excluding steroid dienone is 12. The number of rotatable bonds is 38. The van der Waals surface area contributed by atoms with E-state index in [1.165, 1.54) is 32.1 Å². The Morgan fingerprint density at radius 1 is 0.571 bits per heavy atom. The minimum absolute atomic E-state index is 0.0437. The lowest BCUT2D eigenvalue weighted by Crippen LogP contribution is -2.37. The van der Waals surface area contributed by atoms with Crippen molar-refractivity contribution in [3.63, 3.8) is 0 Å². The highest BCUT2D eigenvalue weighted by Gasteiger charge is 2.21. The maximum atomic E-state index is 12.7. The predicted molar refractivity (Wildman–Crippen MR) is 231 cm³/mol. The van der Waals surface area contributed by atoms with Gasteiger partial charge in [0.1, 0.15) is 19.8 Å². The molecule has 9 nitrogen and oxygen atoms in total. The van der Waals surface area contributed by atoms with Gasteiger partial charge in [-0.3, -0.25) is 14.2 Å². The van der Waals surface area contributed by atoms with E-state index in [-0.39, 0.29) is 26.1 Å². The number of phosphoric acid groups is 1. The smallest absolute Gasteiger partial charge is 0.306 e. The summed E-state index contributed by atoms with van der Waals surface area (Å²) in [5.41, 5.74) is 0. The van der Waals surface area contributed by atoms with Crippen molar-refractivity contribution >= 4 is 19.8 Å². The summed E-state index contributed by atoms with van der Waals surface area (Å²) >= 11 is 0. The first-order valence-corrected chi connectivity index (χ1v) is 23.1. The molecule has 0 aliphatic carbocycles. The molecule has 56 heavy (non-hydrogen) atoms. The molecule has 0 aromatic rings. The van der Waals surface area contributed by atoms with Crippen molar-refractivity contribution in [3.05, 3.63) is 72.9 Å². The van der Waals surface area contributed by atoms with Gasteiger partial charge in [0, 0.05) is 12.8 Å². The molecule has 0 aromatic heterocycles. The van der Waals surface area contributed by atoms with E-state index in [9.17, 15) is 19.0 Å². The van der Waals surface area contributed by atoms with Crippen molar-refractivity contribution in [1.29, 1.82) is 0 Å². The first-order valence-electron chi connectivity index (χ1n) is 21.7. The molecule has 0 fully saturated rings. The molecule has 322 valence electrons. The van der Waals surface area contributed by atoms with Crippen LogP contribution in [0.2, 0.25) is 0 Å². The summed E-state index contributed by atoms with van der Waals surface area (Å²) in [6.45, 7) is 4.06. The van der Waals surface area contributed by atoms with Gasteiger partial charge in [-0.1, -0.05) is 138 Å². The van der Waals surface area contributed by atoms with Gasteiger partial charge in [0.05, 0.1) is 27.7 Å². The van der Waals surface area contributed by atoms with Crippen LogP contribution in [-0.2, 0) is 32.7 Å². The van der Waals surface area contributed by atoms with Crippen LogP contribution in [0.5, 0.6) is 0 Å². The van der Waals surface area contributed by atoms with Crippen LogP contribution in [0.4, 0.5) is 0 Å². The average molecular weight is 806 g/mol. The predicted octanol–water partition coefficient (Wildman–Crippen LogP) is 11.6. The highest BCUT2D eigenvalue weighted by Crippen LogP contribution is 2.38. The first kappa shape index (κ1) is 53.5. The molecule has 2 atom stereocenters. The number of unbranched alkanes of at least 4 members (excludes halogenated alkanes) is 13. The van der Waals surface area contributed by atoms with Gasteiger partial charge in [0.2, 0.25) is 0 Å². The molecule has 0 saturated carbocycles. The van der Waals surface area contributed by atoms with Gasteiger partial charge < -0.3 is 27.9 Å². The molecule has 0 bridgehead atoms. The van der Waals surface area contributed by atoms with Crippen LogP contribution >= 0.6 is 7.82 Å². The maximum Gasteiger partial charge on any atom is 0.306 e. The van der Waals surface area contributed by atoms with Gasteiger partial charge in [0.25, 0.3) is 7.82 Å². The standard InChI is InChI=1S/C46H80NO8P/c1-6-8-10-12-14-16-18-20-22-23-25-27-29-31-33-35-37-39-46(49)55-44(43-54-56(50,51)53-41-40-47(3,4)5)42-52-45(48)38-36-34-32-30-28-26-24-21-19-17-15-13-11-9-7-2/h10,12,16-19,21-24,27,29,44H,6-9,11,13-15,20,25-26,28,30-43H2,1-5H3/b12-10+,18-16+,19-17+,23-22+,24-21+,29-27+/t44-/m1/s1. The summed E-state index contributed by atoms with van der Waals surface area (Å²) in [5, 5.41) is 0. The number of carbonyl (C=O) groups is 2. The van der Waals surface area contributed by atoms with Crippen molar-refractivity contribution < 1.29 is 42.1 Å². The molecule has 0 spiro atoms. The van der Waals surface area contributed by atoms with E-state index in [2.05, 4.69) is 86.8 Å². The van der Waals surface area contributed by atoms with E-state index in [4.69, 9.17) is 18.5 Å². The second kappa shape index (κ2) is 38.0. The van der Waals surface area contributed by atoms with Gasteiger partial charge in [-0.2, -0.15) is 0 Å². The number of hydrogen-bond donors (Lipinski definition) is 0. The number of ether oxygens (including phenoxy) is 2. The van der Waals surface area contributed by atoms with Crippen LogP contribution in [0.15, 0.2) is 72.9 Å². The number of carbonyl (C=O) groups excluding carboxylic acids is 2. The van der Waals surface area contributed by atoms with Gasteiger partial charge in [0.15, 0.2) is 6.10 Å². The zero-order valence-corrected chi connectivity index (χ0v) is 36.9. The zero-order chi connectivity index (χ0) is 41.4. The Morgan fingerprint density at radius 3 is 1.62 bits per heavy atom. The largest absolute Gasteiger partial charge is 0.756 e. The van der Waals surface area contributed by atoms with Crippen LogP contribution in [0.25, 0.3) is 0 Å². The fourth-order valence-corrected chi connectivity index (χ4v) is 6.01. The number of esters is 2. The molecular weight excluding hydrogens is 725 g/mol. The number of nitrogens with zero attached hydrogens (tertiary/aromatic N) is 1. The highest BCUT2D eigenvalue weighted by molar-refractivity contribution is 7.45. The molecule has 0 saturated heterocycles. The summed E-state index contributed by atoms with van der Waals surface area (Å²) in [6.07, 6.45) is 46.4. The lowest BCUT2D eigenvalue weighted by atomic mass is 10.1. The van der Waals surface area contributed by atoms with Gasteiger partial charge in [-0.05, 0) is 77.0 Å². The second-order valence-electron chi connectivity index (χ2n) is 15.4. The summed E-state index contributed by atoms with van der Waals surface area (Å²) in [6, 6.07) is 0. The molecule has 0 rings (SSSR count). The van der Waals surface area contributed by atoms with Crippen molar-refractivity contribution in [1.82, 2.24) is 0 Å². The molecule has 1 unspecified atom stereocenters. The summed E-state index contributed by atoms with van der Waals surface area (Å²) in [7, 11) is 1.12. The fraction of sp³-hybridized carbons (Fsp3) is 0.696. The SMILES string of the molecule is CCC/C=C/C/C=C/C/C=C/C/C=C/CCCCCC(=O)O[C@H](COC(=O)CCCCCCC/C=C/C=C/CCCCCC)COP(=O)([O-])OCC[N+](C)(C)C. The Labute approximate surface area is 342 Å². The molecule has 0 amide bonds. The molecule has 0 aromatic carbocycles. The normalized spacial score (nSPS) is 14.3. The number of hydrogen-bond acceptors (Lipinski definition) is 8. The molecule has 0 radical (unpaired) electrons. The Kier molecular flexibility index (Phi) is 36.3. The Hall–Kier alpha value is -2.55. The Balaban J connectivity index is 4.48. The molecule has 0 N–H and O–H groups in total. The highest BCUT2D eigenvalue weighted by atomic mass is 31.2. The molecule has 0 aliphatic rings. The summed E-state index contributed by atoms with van der Waals surface area (Å²) in [4.78, 5) is 37.5. The summed E-state index contributed by atoms with van der Waals surface area (Å²) < 4.78 is 33.8. The van der Waals surface area contributed by atoms with E-state index in [0.717, 1.165) is 83.5 Å². The molecule has 0 aliphatic heterocycles. The fourth-order valence-electron chi connectivity index (χ4n) is 5.28. The van der Waals surface area contributed by atoms with Crippen molar-refractivity contribution in [2.24, 2.45) is 0 Å². The van der Waals surface area contributed by atoms with Gasteiger partial charge in [-0.15, -0.1) is 0 Å². The van der Waals surface area contributed by atoms with Gasteiger partial charge >= 0.3 is 11.9 Å². The van der Waals surface area contributed by atoms with Crippen molar-refractivity contribution in [2.45, 2.75) is 161 Å². The van der Waals surface area contributed by atoms with Crippen molar-refractivity contribution in [3.8, 4) is 0 Å². The topological polar surface area (TPSA) is 111 Å². The Bertz CT molecular complexity index is 1180. The van der Waals surface area contributed by atoms with E-state index in [0.29, 0.717) is 23.9 Å². The third-order valence-corrected chi connectivity index (χ3v) is 9.67.